The fraction of sp³-hybridized carbons (Fsp3) is 0.231. The molecule has 2 aromatic rings. The zero-order valence-corrected chi connectivity index (χ0v) is 12.9. The van der Waals surface area contributed by atoms with Gasteiger partial charge in [0.15, 0.2) is 0 Å². The summed E-state index contributed by atoms with van der Waals surface area (Å²) in [7, 11) is 2.86. The molecule has 0 atom stereocenters. The maximum atomic E-state index is 13.7. The minimum Gasteiger partial charge on any atom is -0.377 e. The van der Waals surface area contributed by atoms with Crippen LogP contribution in [0, 0.1) is 11.6 Å². The van der Waals surface area contributed by atoms with Crippen LogP contribution in [0.15, 0.2) is 32.3 Å². The van der Waals surface area contributed by atoms with E-state index in [0.29, 0.717) is 5.69 Å². The summed E-state index contributed by atoms with van der Waals surface area (Å²) in [6.45, 7) is 0.0137. The summed E-state index contributed by atoms with van der Waals surface area (Å²) in [6.07, 6.45) is 0. The molecule has 1 N–H and O–H groups in total. The number of anilines is 1. The Morgan fingerprint density at radius 1 is 1.10 bits per heavy atom. The third-order valence-electron chi connectivity index (χ3n) is 3.10. The lowest BCUT2D eigenvalue weighted by molar-refractivity contribution is 0.595. The topological polar surface area (TPSA) is 56.0 Å². The molecule has 0 saturated heterocycles. The van der Waals surface area contributed by atoms with Gasteiger partial charge in [-0.3, -0.25) is 13.9 Å². The molecule has 0 aliphatic carbocycles. The lowest BCUT2D eigenvalue weighted by Crippen LogP contribution is -2.38. The lowest BCUT2D eigenvalue weighted by atomic mass is 10.3. The van der Waals surface area contributed by atoms with Crippen LogP contribution in [0.25, 0.3) is 0 Å². The second-order valence-electron chi connectivity index (χ2n) is 4.47. The Labute approximate surface area is 127 Å². The number of benzene rings is 1. The van der Waals surface area contributed by atoms with Crippen molar-refractivity contribution >= 4 is 21.6 Å². The molecule has 0 unspecified atom stereocenters. The first-order valence-corrected chi connectivity index (χ1v) is 6.75. The summed E-state index contributed by atoms with van der Waals surface area (Å²) in [4.78, 5) is 23.3. The molecular formula is C13H12BrF2N3O2. The Morgan fingerprint density at radius 2 is 1.76 bits per heavy atom. The summed E-state index contributed by atoms with van der Waals surface area (Å²) in [6, 6.07) is 3.26. The number of nitrogens with zero attached hydrogens (tertiary/aromatic N) is 2. The second kappa shape index (κ2) is 5.80. The fourth-order valence-electron chi connectivity index (χ4n) is 1.79. The Morgan fingerprint density at radius 3 is 2.43 bits per heavy atom. The van der Waals surface area contributed by atoms with E-state index in [1.807, 2.05) is 0 Å². The molecule has 5 nitrogen and oxygen atoms in total. The summed E-state index contributed by atoms with van der Waals surface area (Å²) in [5.41, 5.74) is -0.631. The van der Waals surface area contributed by atoms with Gasteiger partial charge in [-0.1, -0.05) is 0 Å². The molecule has 0 aliphatic rings. The number of nitrogens with one attached hydrogen (secondary N) is 1. The standard InChI is InChI=1S/C13H12BrF2N3O2/c1-18-7(3-12(20)19(2)13(18)21)6-17-11-5-9(15)8(14)4-10(11)16/h3-5,17H,6H2,1-2H3. The molecule has 0 saturated carbocycles. The third-order valence-corrected chi connectivity index (χ3v) is 3.70. The predicted molar refractivity (Wildman–Crippen MR) is 78.3 cm³/mol. The van der Waals surface area contributed by atoms with E-state index < -0.39 is 22.9 Å². The van der Waals surface area contributed by atoms with Crippen LogP contribution in [0.3, 0.4) is 0 Å². The minimum atomic E-state index is -0.642. The molecule has 1 aromatic carbocycles. The fourth-order valence-corrected chi connectivity index (χ4v) is 2.11. The van der Waals surface area contributed by atoms with Crippen LogP contribution in [-0.4, -0.2) is 9.13 Å². The van der Waals surface area contributed by atoms with Crippen LogP contribution < -0.4 is 16.6 Å². The molecule has 0 spiro atoms. The number of halogens is 3. The Bertz CT molecular complexity index is 814. The first kappa shape index (κ1) is 15.4. The van der Waals surface area contributed by atoms with E-state index in [1.165, 1.54) is 24.7 Å². The maximum absolute atomic E-state index is 13.7. The number of hydrogen-bond donors (Lipinski definition) is 1. The zero-order chi connectivity index (χ0) is 15.7. The molecule has 1 heterocycles. The molecule has 0 amide bonds. The molecule has 21 heavy (non-hydrogen) atoms. The lowest BCUT2D eigenvalue weighted by Gasteiger charge is -2.12. The van der Waals surface area contributed by atoms with Gasteiger partial charge < -0.3 is 5.32 Å². The predicted octanol–water partition coefficient (Wildman–Crippen LogP) is 1.74. The van der Waals surface area contributed by atoms with Crippen LogP contribution in [0.4, 0.5) is 14.5 Å². The van der Waals surface area contributed by atoms with Gasteiger partial charge in [0.05, 0.1) is 16.7 Å². The van der Waals surface area contributed by atoms with Gasteiger partial charge in [-0.25, -0.2) is 13.6 Å². The molecule has 0 bridgehead atoms. The van der Waals surface area contributed by atoms with Crippen molar-refractivity contribution < 1.29 is 8.78 Å². The van der Waals surface area contributed by atoms with Gasteiger partial charge in [-0.05, 0) is 22.0 Å². The van der Waals surface area contributed by atoms with Crippen molar-refractivity contribution in [2.24, 2.45) is 14.1 Å². The number of aromatic nitrogens is 2. The van der Waals surface area contributed by atoms with Crippen LogP contribution in [-0.2, 0) is 20.6 Å². The van der Waals surface area contributed by atoms with Gasteiger partial charge in [-0.15, -0.1) is 0 Å². The van der Waals surface area contributed by atoms with E-state index in [2.05, 4.69) is 21.2 Å². The van der Waals surface area contributed by atoms with Gasteiger partial charge in [-0.2, -0.15) is 0 Å². The number of rotatable bonds is 3. The average Bonchev–Trinajstić information content (AvgIpc) is 2.44. The molecule has 112 valence electrons. The summed E-state index contributed by atoms with van der Waals surface area (Å²) in [5.74, 6) is -1.26. The first-order chi connectivity index (χ1) is 9.81. The highest BCUT2D eigenvalue weighted by molar-refractivity contribution is 9.10. The van der Waals surface area contributed by atoms with Crippen molar-refractivity contribution in [1.29, 1.82) is 0 Å². The number of hydrogen-bond acceptors (Lipinski definition) is 3. The molecule has 0 aliphatic heterocycles. The SMILES string of the molecule is Cn1c(CNc2cc(F)c(Br)cc2F)cc(=O)n(C)c1=O. The zero-order valence-electron chi connectivity index (χ0n) is 11.3. The quantitative estimate of drug-likeness (QED) is 0.849. The average molecular weight is 360 g/mol. The van der Waals surface area contributed by atoms with Crippen molar-refractivity contribution in [3.8, 4) is 0 Å². The van der Waals surface area contributed by atoms with E-state index in [0.717, 1.165) is 16.7 Å². The van der Waals surface area contributed by atoms with E-state index >= 15 is 0 Å². The monoisotopic (exact) mass is 359 g/mol. The minimum absolute atomic E-state index is 0.0137. The van der Waals surface area contributed by atoms with Crippen molar-refractivity contribution in [3.63, 3.8) is 0 Å². The highest BCUT2D eigenvalue weighted by atomic mass is 79.9. The van der Waals surface area contributed by atoms with Crippen molar-refractivity contribution in [2.45, 2.75) is 6.54 Å². The van der Waals surface area contributed by atoms with Crippen LogP contribution >= 0.6 is 15.9 Å². The molecule has 1 aromatic heterocycles. The van der Waals surface area contributed by atoms with Crippen molar-refractivity contribution in [2.75, 3.05) is 5.32 Å². The Hall–Kier alpha value is -1.96. The highest BCUT2D eigenvalue weighted by Gasteiger charge is 2.10. The van der Waals surface area contributed by atoms with Gasteiger partial charge >= 0.3 is 5.69 Å². The highest BCUT2D eigenvalue weighted by Crippen LogP contribution is 2.23. The molecular weight excluding hydrogens is 348 g/mol. The molecule has 8 heteroatoms. The smallest absolute Gasteiger partial charge is 0.330 e. The molecule has 0 radical (unpaired) electrons. The summed E-state index contributed by atoms with van der Waals surface area (Å²) < 4.78 is 29.3. The van der Waals surface area contributed by atoms with Crippen LogP contribution in [0.5, 0.6) is 0 Å². The van der Waals surface area contributed by atoms with Gasteiger partial charge in [0.25, 0.3) is 5.56 Å². The Balaban J connectivity index is 2.31. The van der Waals surface area contributed by atoms with E-state index in [-0.39, 0.29) is 16.7 Å². The van der Waals surface area contributed by atoms with Crippen molar-refractivity contribution in [3.05, 3.63) is 60.8 Å². The second-order valence-corrected chi connectivity index (χ2v) is 5.33. The van der Waals surface area contributed by atoms with Crippen molar-refractivity contribution in [1.82, 2.24) is 9.13 Å². The van der Waals surface area contributed by atoms with E-state index in [4.69, 9.17) is 0 Å². The largest absolute Gasteiger partial charge is 0.377 e. The van der Waals surface area contributed by atoms with Gasteiger partial charge in [0, 0.05) is 31.9 Å². The summed E-state index contributed by atoms with van der Waals surface area (Å²) >= 11 is 2.88. The maximum Gasteiger partial charge on any atom is 0.330 e. The summed E-state index contributed by atoms with van der Waals surface area (Å²) in [5, 5.41) is 2.67. The van der Waals surface area contributed by atoms with E-state index in [9.17, 15) is 18.4 Å². The third kappa shape index (κ3) is 3.05. The van der Waals surface area contributed by atoms with Gasteiger partial charge in [0.2, 0.25) is 0 Å². The van der Waals surface area contributed by atoms with Crippen LogP contribution in [0.1, 0.15) is 5.69 Å². The molecule has 2 rings (SSSR count). The normalized spacial score (nSPS) is 10.7. The van der Waals surface area contributed by atoms with E-state index in [1.54, 1.807) is 0 Å². The Kier molecular flexibility index (Phi) is 4.26. The van der Waals surface area contributed by atoms with Gasteiger partial charge in [0.1, 0.15) is 11.6 Å². The molecule has 0 fully saturated rings. The van der Waals surface area contributed by atoms with Crippen LogP contribution in [0.2, 0.25) is 0 Å². The first-order valence-electron chi connectivity index (χ1n) is 5.95.